The van der Waals surface area contributed by atoms with E-state index >= 15 is 0 Å². The molecule has 0 unspecified atom stereocenters. The summed E-state index contributed by atoms with van der Waals surface area (Å²) in [6.45, 7) is 5.19. The van der Waals surface area contributed by atoms with Crippen molar-refractivity contribution < 1.29 is 18.7 Å². The Labute approximate surface area is 178 Å². The van der Waals surface area contributed by atoms with Crippen LogP contribution in [0.5, 0.6) is 11.5 Å². The van der Waals surface area contributed by atoms with Gasteiger partial charge in [-0.05, 0) is 49.7 Å². The van der Waals surface area contributed by atoms with Gasteiger partial charge in [0, 0.05) is 16.3 Å². The molecule has 0 saturated heterocycles. The average molecular weight is 423 g/mol. The standard InChI is InChI=1S/C23H22N2O4S/c1-3-12-28-17-10-8-15(9-11-17)18-14-30-23(24-18)25-22(26)20-13-16-6-5-7-19(27-4-2)21(16)29-20/h5-11,13-14H,3-4,12H2,1-2H3,(H,24,25,26). The molecule has 30 heavy (non-hydrogen) atoms. The summed E-state index contributed by atoms with van der Waals surface area (Å²) in [5, 5.41) is 6.04. The molecule has 4 aromatic rings. The van der Waals surface area contributed by atoms with Crippen molar-refractivity contribution in [2.75, 3.05) is 18.5 Å². The van der Waals surface area contributed by atoms with Crippen molar-refractivity contribution in [3.63, 3.8) is 0 Å². The molecular formula is C23H22N2O4S. The van der Waals surface area contributed by atoms with Crippen LogP contribution in [-0.2, 0) is 0 Å². The minimum atomic E-state index is -0.349. The zero-order valence-corrected chi connectivity index (χ0v) is 17.6. The molecule has 0 aliphatic carbocycles. The highest BCUT2D eigenvalue weighted by Gasteiger charge is 2.16. The van der Waals surface area contributed by atoms with Gasteiger partial charge in [-0.3, -0.25) is 10.1 Å². The fourth-order valence-electron chi connectivity index (χ4n) is 2.98. The molecule has 6 nitrogen and oxygen atoms in total. The minimum absolute atomic E-state index is 0.214. The van der Waals surface area contributed by atoms with Gasteiger partial charge in [-0.1, -0.05) is 19.1 Å². The molecule has 0 saturated carbocycles. The monoisotopic (exact) mass is 422 g/mol. The molecule has 2 aromatic heterocycles. The van der Waals surface area contributed by atoms with Crippen molar-refractivity contribution in [1.29, 1.82) is 0 Å². The fourth-order valence-corrected chi connectivity index (χ4v) is 3.70. The van der Waals surface area contributed by atoms with E-state index in [1.165, 1.54) is 11.3 Å². The van der Waals surface area contributed by atoms with Gasteiger partial charge in [0.15, 0.2) is 22.2 Å². The number of nitrogens with one attached hydrogen (secondary N) is 1. The predicted molar refractivity (Wildman–Crippen MR) is 119 cm³/mol. The lowest BCUT2D eigenvalue weighted by molar-refractivity contribution is 0.0998. The maximum absolute atomic E-state index is 12.6. The van der Waals surface area contributed by atoms with E-state index in [9.17, 15) is 4.79 Å². The molecule has 0 radical (unpaired) electrons. The van der Waals surface area contributed by atoms with Crippen LogP contribution >= 0.6 is 11.3 Å². The second-order valence-electron chi connectivity index (χ2n) is 6.58. The number of benzene rings is 2. The van der Waals surface area contributed by atoms with Gasteiger partial charge in [0.25, 0.3) is 5.91 Å². The summed E-state index contributed by atoms with van der Waals surface area (Å²) in [5.74, 6) is 1.32. The molecule has 4 rings (SSSR count). The van der Waals surface area contributed by atoms with Gasteiger partial charge in [0.2, 0.25) is 0 Å². The second-order valence-corrected chi connectivity index (χ2v) is 7.44. The van der Waals surface area contributed by atoms with E-state index in [4.69, 9.17) is 13.9 Å². The highest BCUT2D eigenvalue weighted by Crippen LogP contribution is 2.30. The fraction of sp³-hybridized carbons (Fsp3) is 0.217. The minimum Gasteiger partial charge on any atom is -0.494 e. The van der Waals surface area contributed by atoms with Gasteiger partial charge in [-0.25, -0.2) is 4.98 Å². The summed E-state index contributed by atoms with van der Waals surface area (Å²) >= 11 is 1.36. The molecule has 1 N–H and O–H groups in total. The maximum Gasteiger partial charge on any atom is 0.293 e. The summed E-state index contributed by atoms with van der Waals surface area (Å²) in [6.07, 6.45) is 0.967. The number of nitrogens with zero attached hydrogens (tertiary/aromatic N) is 1. The summed E-state index contributed by atoms with van der Waals surface area (Å²) < 4.78 is 16.9. The Bertz CT molecular complexity index is 1150. The molecule has 0 atom stereocenters. The zero-order chi connectivity index (χ0) is 20.9. The number of carbonyl (C=O) groups is 1. The topological polar surface area (TPSA) is 73.6 Å². The number of carbonyl (C=O) groups excluding carboxylic acids is 1. The van der Waals surface area contributed by atoms with Gasteiger partial charge in [0.05, 0.1) is 18.9 Å². The summed E-state index contributed by atoms with van der Waals surface area (Å²) in [4.78, 5) is 17.2. The van der Waals surface area contributed by atoms with Crippen molar-refractivity contribution in [3.05, 3.63) is 59.7 Å². The number of ether oxygens (including phenoxy) is 2. The molecule has 0 spiro atoms. The van der Waals surface area contributed by atoms with E-state index in [0.717, 1.165) is 28.8 Å². The zero-order valence-electron chi connectivity index (χ0n) is 16.8. The quantitative estimate of drug-likeness (QED) is 0.377. The lowest BCUT2D eigenvalue weighted by atomic mass is 10.2. The highest BCUT2D eigenvalue weighted by atomic mass is 32.1. The van der Waals surface area contributed by atoms with Gasteiger partial charge >= 0.3 is 0 Å². The molecule has 2 heterocycles. The van der Waals surface area contributed by atoms with Crippen molar-refractivity contribution in [1.82, 2.24) is 4.98 Å². The van der Waals surface area contributed by atoms with E-state index in [2.05, 4.69) is 17.2 Å². The van der Waals surface area contributed by atoms with Crippen LogP contribution in [0.4, 0.5) is 5.13 Å². The van der Waals surface area contributed by atoms with Crippen molar-refractivity contribution in [3.8, 4) is 22.8 Å². The van der Waals surface area contributed by atoms with E-state index in [-0.39, 0.29) is 11.7 Å². The Kier molecular flexibility index (Phi) is 5.99. The Morgan fingerprint density at radius 2 is 1.97 bits per heavy atom. The number of furan rings is 1. The molecule has 2 aromatic carbocycles. The van der Waals surface area contributed by atoms with E-state index in [1.54, 1.807) is 6.07 Å². The second kappa shape index (κ2) is 9.00. The first-order valence-electron chi connectivity index (χ1n) is 9.83. The Balaban J connectivity index is 1.47. The maximum atomic E-state index is 12.6. The van der Waals surface area contributed by atoms with Gasteiger partial charge in [-0.2, -0.15) is 0 Å². The molecule has 0 aliphatic heterocycles. The van der Waals surface area contributed by atoms with E-state index < -0.39 is 0 Å². The van der Waals surface area contributed by atoms with E-state index in [0.29, 0.717) is 29.7 Å². The number of amides is 1. The molecule has 154 valence electrons. The van der Waals surface area contributed by atoms with Crippen molar-refractivity contribution in [2.24, 2.45) is 0 Å². The molecule has 0 aliphatic rings. The number of hydrogen-bond donors (Lipinski definition) is 1. The van der Waals surface area contributed by atoms with Gasteiger partial charge in [0.1, 0.15) is 5.75 Å². The van der Waals surface area contributed by atoms with Crippen molar-refractivity contribution in [2.45, 2.75) is 20.3 Å². The Morgan fingerprint density at radius 3 is 2.73 bits per heavy atom. The summed E-state index contributed by atoms with van der Waals surface area (Å²) in [7, 11) is 0. The van der Waals surface area contributed by atoms with Crippen LogP contribution in [-0.4, -0.2) is 24.1 Å². The lowest BCUT2D eigenvalue weighted by Gasteiger charge is -2.04. The predicted octanol–water partition coefficient (Wildman–Crippen LogP) is 6.00. The number of para-hydroxylation sites is 1. The number of fused-ring (bicyclic) bond motifs is 1. The van der Waals surface area contributed by atoms with Crippen LogP contribution in [0, 0.1) is 0 Å². The first-order valence-corrected chi connectivity index (χ1v) is 10.7. The summed E-state index contributed by atoms with van der Waals surface area (Å²) in [6, 6.07) is 15.0. The summed E-state index contributed by atoms with van der Waals surface area (Å²) in [5.41, 5.74) is 2.32. The lowest BCUT2D eigenvalue weighted by Crippen LogP contribution is -2.10. The molecular weight excluding hydrogens is 400 g/mol. The Hall–Kier alpha value is -3.32. The van der Waals surface area contributed by atoms with E-state index in [1.807, 2.05) is 54.8 Å². The number of rotatable bonds is 8. The van der Waals surface area contributed by atoms with Crippen LogP contribution in [0.1, 0.15) is 30.8 Å². The third-order valence-electron chi connectivity index (χ3n) is 4.38. The first kappa shape index (κ1) is 20.0. The number of anilines is 1. The van der Waals surface area contributed by atoms with Crippen molar-refractivity contribution >= 4 is 33.3 Å². The highest BCUT2D eigenvalue weighted by molar-refractivity contribution is 7.14. The largest absolute Gasteiger partial charge is 0.494 e. The van der Waals surface area contributed by atoms with Crippen LogP contribution < -0.4 is 14.8 Å². The number of aromatic nitrogens is 1. The van der Waals surface area contributed by atoms with Crippen LogP contribution in [0.2, 0.25) is 0 Å². The third-order valence-corrected chi connectivity index (χ3v) is 5.14. The van der Waals surface area contributed by atoms with Crippen LogP contribution in [0.15, 0.2) is 58.3 Å². The average Bonchev–Trinajstić information content (AvgIpc) is 3.40. The number of thiazole rings is 1. The SMILES string of the molecule is CCCOc1ccc(-c2csc(NC(=O)c3cc4cccc(OCC)c4o3)n2)cc1. The molecule has 0 fully saturated rings. The van der Waals surface area contributed by atoms with Gasteiger partial charge < -0.3 is 13.9 Å². The smallest absolute Gasteiger partial charge is 0.293 e. The normalized spacial score (nSPS) is 10.9. The molecule has 1 amide bonds. The first-order chi connectivity index (χ1) is 14.7. The number of hydrogen-bond acceptors (Lipinski definition) is 6. The van der Waals surface area contributed by atoms with Crippen LogP contribution in [0.3, 0.4) is 0 Å². The molecule has 0 bridgehead atoms. The Morgan fingerprint density at radius 1 is 1.13 bits per heavy atom. The van der Waals surface area contributed by atoms with Crippen LogP contribution in [0.25, 0.3) is 22.2 Å². The molecule has 7 heteroatoms. The van der Waals surface area contributed by atoms with Gasteiger partial charge in [-0.15, -0.1) is 11.3 Å². The third kappa shape index (κ3) is 4.31.